The third kappa shape index (κ3) is 7.31. The Morgan fingerprint density at radius 2 is 1.41 bits per heavy atom. The molecular weight excluding hydrogens is 344 g/mol. The molecule has 1 atom stereocenters. The Balaban J connectivity index is 1.74. The predicted molar refractivity (Wildman–Crippen MR) is 105 cm³/mol. The Bertz CT molecular complexity index is 714. The number of hydrogen-bond donors (Lipinski definition) is 2. The van der Waals surface area contributed by atoms with E-state index in [0.29, 0.717) is 17.9 Å². The summed E-state index contributed by atoms with van der Waals surface area (Å²) in [6, 6.07) is 15.1. The molecule has 0 saturated heterocycles. The Labute approximate surface area is 160 Å². The zero-order valence-corrected chi connectivity index (χ0v) is 16.1. The van der Waals surface area contributed by atoms with Crippen LogP contribution in [-0.2, 0) is 16.6 Å². The van der Waals surface area contributed by atoms with E-state index in [1.54, 1.807) is 12.1 Å². The lowest BCUT2D eigenvalue weighted by Gasteiger charge is -2.19. The van der Waals surface area contributed by atoms with Crippen molar-refractivity contribution in [3.63, 3.8) is 0 Å². The highest BCUT2D eigenvalue weighted by Crippen LogP contribution is 2.24. The van der Waals surface area contributed by atoms with Gasteiger partial charge in [-0.25, -0.2) is 0 Å². The summed E-state index contributed by atoms with van der Waals surface area (Å²) in [5.74, 6) is 0.527. The largest absolute Gasteiger partial charge is 0.491 e. The quantitative estimate of drug-likeness (QED) is 0.700. The molecule has 2 N–H and O–H groups in total. The average molecular weight is 372 g/mol. The van der Waals surface area contributed by atoms with Crippen molar-refractivity contribution < 1.29 is 24.5 Å². The molecule has 1 unspecified atom stereocenters. The number of carbonyl (C=O) groups is 1. The van der Waals surface area contributed by atoms with E-state index in [9.17, 15) is 9.90 Å². The lowest BCUT2D eigenvalue weighted by atomic mass is 9.87. The molecule has 0 bridgehead atoms. The van der Waals surface area contributed by atoms with Crippen molar-refractivity contribution in [2.75, 3.05) is 13.2 Å². The van der Waals surface area contributed by atoms with E-state index in [2.05, 4.69) is 20.8 Å². The highest BCUT2D eigenvalue weighted by atomic mass is 16.5. The first kappa shape index (κ1) is 20.8. The summed E-state index contributed by atoms with van der Waals surface area (Å²) in [6.45, 7) is 6.73. The Morgan fingerprint density at radius 3 is 1.85 bits per heavy atom. The maximum atomic E-state index is 10.6. The molecule has 2 aromatic carbocycles. The number of hydrogen-bond acceptors (Lipinski definition) is 4. The molecule has 0 saturated carbocycles. The van der Waals surface area contributed by atoms with E-state index in [4.69, 9.17) is 14.6 Å². The SMILES string of the molecule is CC(C)(C)c1ccc(OCC(O)COc2ccc(CCC(=O)O)cc2)cc1. The van der Waals surface area contributed by atoms with Gasteiger partial charge in [-0.3, -0.25) is 4.79 Å². The molecule has 5 nitrogen and oxygen atoms in total. The van der Waals surface area contributed by atoms with E-state index in [0.717, 1.165) is 5.56 Å². The van der Waals surface area contributed by atoms with Gasteiger partial charge in [-0.1, -0.05) is 45.0 Å². The van der Waals surface area contributed by atoms with Crippen LogP contribution in [0.15, 0.2) is 48.5 Å². The van der Waals surface area contributed by atoms with Crippen LogP contribution >= 0.6 is 0 Å². The summed E-state index contributed by atoms with van der Waals surface area (Å²) in [7, 11) is 0. The number of rotatable bonds is 9. The van der Waals surface area contributed by atoms with Crippen LogP contribution in [-0.4, -0.2) is 35.5 Å². The molecule has 0 amide bonds. The second-order valence-corrected chi connectivity index (χ2v) is 7.59. The topological polar surface area (TPSA) is 76.0 Å². The monoisotopic (exact) mass is 372 g/mol. The van der Waals surface area contributed by atoms with Crippen LogP contribution in [0.5, 0.6) is 11.5 Å². The fraction of sp³-hybridized carbons (Fsp3) is 0.409. The van der Waals surface area contributed by atoms with Crippen LogP contribution in [0.3, 0.4) is 0 Å². The Kier molecular flexibility index (Phi) is 7.25. The number of aliphatic hydroxyl groups is 1. The van der Waals surface area contributed by atoms with Crippen molar-refractivity contribution in [3.8, 4) is 11.5 Å². The van der Waals surface area contributed by atoms with Gasteiger partial charge in [-0.05, 0) is 47.2 Å². The van der Waals surface area contributed by atoms with E-state index >= 15 is 0 Å². The van der Waals surface area contributed by atoms with Crippen molar-refractivity contribution in [1.29, 1.82) is 0 Å². The van der Waals surface area contributed by atoms with Crippen LogP contribution in [0.25, 0.3) is 0 Å². The molecule has 146 valence electrons. The zero-order valence-electron chi connectivity index (χ0n) is 16.1. The lowest BCUT2D eigenvalue weighted by molar-refractivity contribution is -0.136. The molecular formula is C22H28O5. The summed E-state index contributed by atoms with van der Waals surface area (Å²) >= 11 is 0. The van der Waals surface area contributed by atoms with Crippen molar-refractivity contribution in [1.82, 2.24) is 0 Å². The van der Waals surface area contributed by atoms with Crippen molar-refractivity contribution in [3.05, 3.63) is 59.7 Å². The molecule has 2 rings (SSSR count). The lowest BCUT2D eigenvalue weighted by Crippen LogP contribution is -2.25. The van der Waals surface area contributed by atoms with Crippen LogP contribution in [0.1, 0.15) is 38.3 Å². The Hall–Kier alpha value is -2.53. The number of aliphatic hydroxyl groups excluding tert-OH is 1. The fourth-order valence-corrected chi connectivity index (χ4v) is 2.49. The summed E-state index contributed by atoms with van der Waals surface area (Å²) in [4.78, 5) is 10.6. The molecule has 0 aliphatic carbocycles. The smallest absolute Gasteiger partial charge is 0.303 e. The number of aliphatic carboxylic acids is 1. The highest BCUT2D eigenvalue weighted by molar-refractivity contribution is 5.67. The van der Waals surface area contributed by atoms with E-state index in [1.165, 1.54) is 5.56 Å². The normalized spacial score (nSPS) is 12.4. The maximum absolute atomic E-state index is 10.6. The van der Waals surface area contributed by atoms with Gasteiger partial charge in [0.15, 0.2) is 0 Å². The summed E-state index contributed by atoms with van der Waals surface area (Å²) < 4.78 is 11.2. The van der Waals surface area contributed by atoms with Gasteiger partial charge >= 0.3 is 5.97 Å². The molecule has 0 aliphatic rings. The number of aryl methyl sites for hydroxylation is 1. The molecule has 0 radical (unpaired) electrons. The number of carboxylic acid groups (broad SMARTS) is 1. The van der Waals surface area contributed by atoms with E-state index in [1.807, 2.05) is 36.4 Å². The van der Waals surface area contributed by atoms with Crippen LogP contribution < -0.4 is 9.47 Å². The van der Waals surface area contributed by atoms with Crippen LogP contribution in [0, 0.1) is 0 Å². The molecule has 0 fully saturated rings. The van der Waals surface area contributed by atoms with Gasteiger partial charge in [0.1, 0.15) is 30.8 Å². The second-order valence-electron chi connectivity index (χ2n) is 7.59. The minimum atomic E-state index is -0.813. The number of benzene rings is 2. The van der Waals surface area contributed by atoms with Gasteiger partial charge in [0.2, 0.25) is 0 Å². The van der Waals surface area contributed by atoms with E-state index in [-0.39, 0.29) is 25.0 Å². The van der Waals surface area contributed by atoms with Gasteiger partial charge in [-0.15, -0.1) is 0 Å². The summed E-state index contributed by atoms with van der Waals surface area (Å²) in [6.07, 6.45) is -0.161. The first-order chi connectivity index (χ1) is 12.7. The number of carboxylic acids is 1. The van der Waals surface area contributed by atoms with Crippen molar-refractivity contribution in [2.45, 2.75) is 45.1 Å². The van der Waals surface area contributed by atoms with Crippen molar-refractivity contribution in [2.24, 2.45) is 0 Å². The minimum absolute atomic E-state index is 0.0923. The zero-order chi connectivity index (χ0) is 19.9. The van der Waals surface area contributed by atoms with Crippen molar-refractivity contribution >= 4 is 5.97 Å². The molecule has 0 aromatic heterocycles. The van der Waals surface area contributed by atoms with Crippen LogP contribution in [0.4, 0.5) is 0 Å². The third-order valence-corrected chi connectivity index (χ3v) is 4.16. The van der Waals surface area contributed by atoms with Gasteiger partial charge in [-0.2, -0.15) is 0 Å². The fourth-order valence-electron chi connectivity index (χ4n) is 2.49. The highest BCUT2D eigenvalue weighted by Gasteiger charge is 2.13. The van der Waals surface area contributed by atoms with Gasteiger partial charge in [0.25, 0.3) is 0 Å². The third-order valence-electron chi connectivity index (χ3n) is 4.16. The molecule has 0 aliphatic heterocycles. The van der Waals surface area contributed by atoms with Gasteiger partial charge in [0.05, 0.1) is 0 Å². The molecule has 0 heterocycles. The standard InChI is InChI=1S/C22H28O5/c1-22(2,3)17-7-11-20(12-8-17)27-15-18(23)14-26-19-9-4-16(5-10-19)6-13-21(24)25/h4-5,7-12,18,23H,6,13-15H2,1-3H3,(H,24,25). The van der Waals surface area contributed by atoms with E-state index < -0.39 is 12.1 Å². The molecule has 0 spiro atoms. The molecule has 5 heteroatoms. The minimum Gasteiger partial charge on any atom is -0.491 e. The molecule has 2 aromatic rings. The van der Waals surface area contributed by atoms with Gasteiger partial charge < -0.3 is 19.7 Å². The Morgan fingerprint density at radius 1 is 0.926 bits per heavy atom. The summed E-state index contributed by atoms with van der Waals surface area (Å²) in [5, 5.41) is 18.7. The first-order valence-corrected chi connectivity index (χ1v) is 9.09. The second kappa shape index (κ2) is 9.42. The first-order valence-electron chi connectivity index (χ1n) is 9.09. The molecule has 27 heavy (non-hydrogen) atoms. The number of ether oxygens (including phenoxy) is 2. The predicted octanol–water partition coefficient (Wildman–Crippen LogP) is 3.82. The van der Waals surface area contributed by atoms with Gasteiger partial charge in [0, 0.05) is 6.42 Å². The average Bonchev–Trinajstić information content (AvgIpc) is 2.63. The maximum Gasteiger partial charge on any atom is 0.303 e. The summed E-state index contributed by atoms with van der Waals surface area (Å²) in [5.41, 5.74) is 2.26. The van der Waals surface area contributed by atoms with Crippen LogP contribution in [0.2, 0.25) is 0 Å².